The monoisotopic (exact) mass is 440 g/mol. The second-order valence-corrected chi connectivity index (χ2v) is 8.52. The molecule has 2 N–H and O–H groups in total. The predicted molar refractivity (Wildman–Crippen MR) is 122 cm³/mol. The highest BCUT2D eigenvalue weighted by Gasteiger charge is 2.25. The molecule has 170 valence electrons. The highest BCUT2D eigenvalue weighted by atomic mass is 19.1. The van der Waals surface area contributed by atoms with Crippen LogP contribution in [-0.4, -0.2) is 50.3 Å². The Balaban J connectivity index is 1.39. The Morgan fingerprint density at radius 2 is 1.88 bits per heavy atom. The van der Waals surface area contributed by atoms with Crippen molar-refractivity contribution in [2.45, 2.75) is 39.5 Å². The van der Waals surface area contributed by atoms with E-state index < -0.39 is 0 Å². The first kappa shape index (κ1) is 22.1. The number of anilines is 2. The number of urea groups is 1. The van der Waals surface area contributed by atoms with Gasteiger partial charge in [-0.15, -0.1) is 0 Å². The number of carbonyl (C=O) groups is 2. The van der Waals surface area contributed by atoms with E-state index in [0.717, 1.165) is 11.3 Å². The second kappa shape index (κ2) is 9.16. The van der Waals surface area contributed by atoms with Crippen LogP contribution in [0.5, 0.6) is 0 Å². The third-order valence-electron chi connectivity index (χ3n) is 5.83. The van der Waals surface area contributed by atoms with Crippen molar-refractivity contribution >= 4 is 23.3 Å². The summed E-state index contributed by atoms with van der Waals surface area (Å²) in [6.07, 6.45) is 0.0959. The van der Waals surface area contributed by atoms with Gasteiger partial charge in [0.1, 0.15) is 5.82 Å². The summed E-state index contributed by atoms with van der Waals surface area (Å²) in [5.74, 6) is -0.548. The first-order chi connectivity index (χ1) is 15.3. The van der Waals surface area contributed by atoms with Crippen molar-refractivity contribution < 1.29 is 18.7 Å². The van der Waals surface area contributed by atoms with Gasteiger partial charge in [-0.25, -0.2) is 9.18 Å². The summed E-state index contributed by atoms with van der Waals surface area (Å²) in [5.41, 5.74) is 3.38. The van der Waals surface area contributed by atoms with Crippen LogP contribution in [0.15, 0.2) is 36.4 Å². The van der Waals surface area contributed by atoms with E-state index in [1.807, 2.05) is 31.7 Å². The minimum Gasteiger partial charge on any atom is -0.372 e. The van der Waals surface area contributed by atoms with E-state index in [2.05, 4.69) is 10.6 Å². The Labute approximate surface area is 187 Å². The topological polar surface area (TPSA) is 73.9 Å². The molecule has 2 aliphatic rings. The van der Waals surface area contributed by atoms with Crippen molar-refractivity contribution in [1.29, 1.82) is 0 Å². The molecule has 0 spiro atoms. The molecule has 2 fully saturated rings. The van der Waals surface area contributed by atoms with E-state index in [4.69, 9.17) is 4.74 Å². The molecular formula is C24H29FN4O3. The van der Waals surface area contributed by atoms with Gasteiger partial charge in [0, 0.05) is 44.0 Å². The summed E-state index contributed by atoms with van der Waals surface area (Å²) >= 11 is 0. The molecule has 0 aromatic heterocycles. The molecule has 0 aliphatic carbocycles. The lowest BCUT2D eigenvalue weighted by Gasteiger charge is -2.37. The van der Waals surface area contributed by atoms with Crippen molar-refractivity contribution in [2.24, 2.45) is 0 Å². The van der Waals surface area contributed by atoms with Crippen LogP contribution in [-0.2, 0) is 11.3 Å². The number of morpholine rings is 1. The molecule has 32 heavy (non-hydrogen) atoms. The molecule has 0 bridgehead atoms. The fourth-order valence-electron chi connectivity index (χ4n) is 4.38. The normalized spacial score (nSPS) is 20.9. The Morgan fingerprint density at radius 3 is 2.50 bits per heavy atom. The molecule has 2 heterocycles. The van der Waals surface area contributed by atoms with Crippen LogP contribution in [0.1, 0.15) is 35.3 Å². The summed E-state index contributed by atoms with van der Waals surface area (Å²) < 4.78 is 20.5. The lowest BCUT2D eigenvalue weighted by atomic mass is 10.1. The van der Waals surface area contributed by atoms with Crippen molar-refractivity contribution in [1.82, 2.24) is 10.6 Å². The summed E-state index contributed by atoms with van der Waals surface area (Å²) in [4.78, 5) is 28.2. The molecular weight excluding hydrogens is 411 g/mol. The number of hydrogen-bond acceptors (Lipinski definition) is 4. The summed E-state index contributed by atoms with van der Waals surface area (Å²) in [5, 5.41) is 5.62. The lowest BCUT2D eigenvalue weighted by molar-refractivity contribution is -0.00539. The van der Waals surface area contributed by atoms with E-state index in [-0.39, 0.29) is 36.5 Å². The van der Waals surface area contributed by atoms with Crippen molar-refractivity contribution in [2.75, 3.05) is 36.0 Å². The van der Waals surface area contributed by atoms with Crippen LogP contribution in [0.25, 0.3) is 0 Å². The maximum atomic E-state index is 14.8. The van der Waals surface area contributed by atoms with E-state index >= 15 is 0 Å². The number of benzene rings is 2. The zero-order chi connectivity index (χ0) is 22.8. The number of rotatable bonds is 5. The van der Waals surface area contributed by atoms with Gasteiger partial charge in [-0.3, -0.25) is 9.69 Å². The number of carbonyl (C=O) groups excluding carboxylic acids is 2. The van der Waals surface area contributed by atoms with Gasteiger partial charge in [-0.2, -0.15) is 0 Å². The van der Waals surface area contributed by atoms with Gasteiger partial charge in [0.15, 0.2) is 0 Å². The standard InChI is InChI=1S/C24H29FN4O3/c1-15-10-19(5-7-21(15)29-9-8-26-24(29)31)23(30)27-12-18-4-6-22(20(25)11-18)28-13-16(2)32-17(3)14-28/h4-7,10-11,16-17H,8-9,12-14H2,1-3H3,(H,26,31)(H,27,30). The largest absolute Gasteiger partial charge is 0.372 e. The maximum Gasteiger partial charge on any atom is 0.322 e. The second-order valence-electron chi connectivity index (χ2n) is 8.52. The van der Waals surface area contributed by atoms with Crippen molar-refractivity contribution in [3.05, 3.63) is 58.9 Å². The Kier molecular flexibility index (Phi) is 6.32. The van der Waals surface area contributed by atoms with Gasteiger partial charge in [-0.1, -0.05) is 6.07 Å². The molecule has 2 aliphatic heterocycles. The smallest absolute Gasteiger partial charge is 0.322 e. The average molecular weight is 441 g/mol. The predicted octanol–water partition coefficient (Wildman–Crippen LogP) is 3.21. The van der Waals surface area contributed by atoms with Crippen LogP contribution in [0.3, 0.4) is 0 Å². The fraction of sp³-hybridized carbons (Fsp3) is 0.417. The molecule has 2 aromatic rings. The number of nitrogens with one attached hydrogen (secondary N) is 2. The molecule has 0 radical (unpaired) electrons. The molecule has 2 atom stereocenters. The van der Waals surface area contributed by atoms with E-state index in [0.29, 0.717) is 43.0 Å². The summed E-state index contributed by atoms with van der Waals surface area (Å²) in [6, 6.07) is 10.2. The van der Waals surface area contributed by atoms with Gasteiger partial charge in [0.05, 0.1) is 17.9 Å². The van der Waals surface area contributed by atoms with Crippen molar-refractivity contribution in [3.8, 4) is 0 Å². The SMILES string of the molecule is Cc1cc(C(=O)NCc2ccc(N3CC(C)OC(C)C3)c(F)c2)ccc1N1CCNC1=O. The van der Waals surface area contributed by atoms with Crippen LogP contribution in [0.2, 0.25) is 0 Å². The molecule has 4 rings (SSSR count). The molecule has 3 amide bonds. The van der Waals surface area contributed by atoms with Gasteiger partial charge in [0.2, 0.25) is 0 Å². The van der Waals surface area contributed by atoms with Gasteiger partial charge < -0.3 is 20.3 Å². The molecule has 8 heteroatoms. The highest BCUT2D eigenvalue weighted by Crippen LogP contribution is 2.25. The number of halogens is 1. The number of hydrogen-bond donors (Lipinski definition) is 2. The Bertz CT molecular complexity index is 1020. The Morgan fingerprint density at radius 1 is 1.16 bits per heavy atom. The van der Waals surface area contributed by atoms with E-state index in [1.54, 1.807) is 29.2 Å². The summed E-state index contributed by atoms with van der Waals surface area (Å²) in [6.45, 7) is 8.57. The first-order valence-electron chi connectivity index (χ1n) is 10.9. The molecule has 2 aromatic carbocycles. The van der Waals surface area contributed by atoms with Crippen molar-refractivity contribution in [3.63, 3.8) is 0 Å². The average Bonchev–Trinajstić information content (AvgIpc) is 3.16. The quantitative estimate of drug-likeness (QED) is 0.749. The zero-order valence-corrected chi connectivity index (χ0v) is 18.7. The van der Waals surface area contributed by atoms with E-state index in [1.165, 1.54) is 6.07 Å². The van der Waals surface area contributed by atoms with Gasteiger partial charge in [-0.05, 0) is 62.2 Å². The van der Waals surface area contributed by atoms with Gasteiger partial charge in [0.25, 0.3) is 5.91 Å². The first-order valence-corrected chi connectivity index (χ1v) is 10.9. The Hall–Kier alpha value is -3.13. The van der Waals surface area contributed by atoms with E-state index in [9.17, 15) is 14.0 Å². The number of ether oxygens (including phenoxy) is 1. The highest BCUT2D eigenvalue weighted by molar-refractivity contribution is 5.97. The van der Waals surface area contributed by atoms with Crippen LogP contribution < -0.4 is 20.4 Å². The molecule has 2 saturated heterocycles. The lowest BCUT2D eigenvalue weighted by Crippen LogP contribution is -2.45. The fourth-order valence-corrected chi connectivity index (χ4v) is 4.38. The molecule has 7 nitrogen and oxygen atoms in total. The van der Waals surface area contributed by atoms with Crippen LogP contribution in [0.4, 0.5) is 20.6 Å². The van der Waals surface area contributed by atoms with Crippen LogP contribution in [0, 0.1) is 12.7 Å². The number of aryl methyl sites for hydroxylation is 1. The molecule has 0 saturated carbocycles. The number of amides is 3. The zero-order valence-electron chi connectivity index (χ0n) is 18.7. The summed E-state index contributed by atoms with van der Waals surface area (Å²) in [7, 11) is 0. The maximum absolute atomic E-state index is 14.8. The molecule has 2 unspecified atom stereocenters. The van der Waals surface area contributed by atoms with Crippen LogP contribution >= 0.6 is 0 Å². The minimum atomic E-state index is -0.304. The number of nitrogens with zero attached hydrogens (tertiary/aromatic N) is 2. The third-order valence-corrected chi connectivity index (χ3v) is 5.83. The minimum absolute atomic E-state index is 0.0480. The third kappa shape index (κ3) is 4.70. The van der Waals surface area contributed by atoms with Gasteiger partial charge >= 0.3 is 6.03 Å².